The molecule has 2 rings (SSSR count). The molecule has 140 valence electrons. The second-order valence-corrected chi connectivity index (χ2v) is 5.85. The van der Waals surface area contributed by atoms with Crippen molar-refractivity contribution in [1.29, 1.82) is 0 Å². The molecule has 0 spiro atoms. The molecular formula is C17H30F2N2O2S. The van der Waals surface area contributed by atoms with Crippen LogP contribution in [-0.4, -0.2) is 69.0 Å². The summed E-state index contributed by atoms with van der Waals surface area (Å²) in [5.74, 6) is -0.249. The Labute approximate surface area is 148 Å². The van der Waals surface area contributed by atoms with E-state index in [4.69, 9.17) is 9.84 Å². The van der Waals surface area contributed by atoms with Crippen molar-refractivity contribution in [2.75, 3.05) is 63.9 Å². The predicted molar refractivity (Wildman–Crippen MR) is 99.4 cm³/mol. The van der Waals surface area contributed by atoms with Gasteiger partial charge in [-0.2, -0.15) is 11.8 Å². The number of piperazine rings is 1. The molecule has 1 saturated heterocycles. The molecule has 4 nitrogen and oxygen atoms in total. The number of ether oxygens (including phenoxy) is 1. The highest BCUT2D eigenvalue weighted by Crippen LogP contribution is 2.29. The van der Waals surface area contributed by atoms with Crippen LogP contribution in [0.1, 0.15) is 13.8 Å². The first-order valence-electron chi connectivity index (χ1n) is 8.11. The SMILES string of the molecule is CC.CO.CSCCOc1cc(N2CCN(C)CC2)c(F)cc1F. The molecule has 0 radical (unpaired) electrons. The molecule has 1 aliphatic rings. The molecule has 0 aromatic heterocycles. The van der Waals surface area contributed by atoms with E-state index in [1.165, 1.54) is 6.07 Å². The number of hydrogen-bond donors (Lipinski definition) is 1. The first-order chi connectivity index (χ1) is 11.6. The van der Waals surface area contributed by atoms with Crippen molar-refractivity contribution in [1.82, 2.24) is 4.90 Å². The van der Waals surface area contributed by atoms with E-state index < -0.39 is 11.6 Å². The number of thioether (sulfide) groups is 1. The minimum atomic E-state index is -0.638. The largest absolute Gasteiger partial charge is 0.490 e. The molecule has 1 aliphatic heterocycles. The van der Waals surface area contributed by atoms with Gasteiger partial charge in [0.05, 0.1) is 12.3 Å². The smallest absolute Gasteiger partial charge is 0.168 e. The van der Waals surface area contributed by atoms with Gasteiger partial charge >= 0.3 is 0 Å². The zero-order valence-electron chi connectivity index (χ0n) is 15.3. The van der Waals surface area contributed by atoms with Gasteiger partial charge in [0, 0.05) is 51.2 Å². The van der Waals surface area contributed by atoms with Crippen molar-refractivity contribution in [2.24, 2.45) is 0 Å². The summed E-state index contributed by atoms with van der Waals surface area (Å²) in [5, 5.41) is 7.00. The third-order valence-electron chi connectivity index (χ3n) is 3.39. The average molecular weight is 365 g/mol. The summed E-state index contributed by atoms with van der Waals surface area (Å²) in [6.07, 6.45) is 1.96. The topological polar surface area (TPSA) is 35.9 Å². The number of benzene rings is 1. The quantitative estimate of drug-likeness (QED) is 0.813. The van der Waals surface area contributed by atoms with E-state index in [2.05, 4.69) is 4.90 Å². The molecule has 1 fully saturated rings. The van der Waals surface area contributed by atoms with Crippen LogP contribution >= 0.6 is 11.8 Å². The van der Waals surface area contributed by atoms with E-state index in [1.807, 2.05) is 32.1 Å². The first kappa shape index (κ1) is 22.9. The highest BCUT2D eigenvalue weighted by Gasteiger charge is 2.20. The number of aliphatic hydroxyl groups is 1. The first-order valence-corrected chi connectivity index (χ1v) is 9.50. The van der Waals surface area contributed by atoms with E-state index in [0.29, 0.717) is 12.3 Å². The Morgan fingerprint density at radius 1 is 1.08 bits per heavy atom. The van der Waals surface area contributed by atoms with Crippen LogP contribution < -0.4 is 9.64 Å². The second kappa shape index (κ2) is 13.3. The maximum Gasteiger partial charge on any atom is 0.168 e. The molecule has 0 amide bonds. The molecule has 1 N–H and O–H groups in total. The lowest BCUT2D eigenvalue weighted by molar-refractivity contribution is 0.309. The Kier molecular flexibility index (Phi) is 12.7. The summed E-state index contributed by atoms with van der Waals surface area (Å²) < 4.78 is 33.0. The van der Waals surface area contributed by atoms with Crippen LogP contribution in [-0.2, 0) is 0 Å². The maximum atomic E-state index is 13.9. The van der Waals surface area contributed by atoms with Gasteiger partial charge in [-0.3, -0.25) is 0 Å². The number of nitrogens with zero attached hydrogens (tertiary/aromatic N) is 2. The number of anilines is 1. The predicted octanol–water partition coefficient (Wildman–Crippen LogP) is 3.09. The van der Waals surface area contributed by atoms with Crippen molar-refractivity contribution in [3.8, 4) is 5.75 Å². The highest BCUT2D eigenvalue weighted by atomic mass is 32.2. The zero-order chi connectivity index (χ0) is 18.5. The Hall–Kier alpha value is -1.05. The summed E-state index contributed by atoms with van der Waals surface area (Å²) in [6.45, 7) is 7.65. The zero-order valence-corrected chi connectivity index (χ0v) is 16.1. The lowest BCUT2D eigenvalue weighted by Crippen LogP contribution is -2.44. The van der Waals surface area contributed by atoms with E-state index in [-0.39, 0.29) is 5.75 Å². The number of aliphatic hydroxyl groups excluding tert-OH is 1. The fourth-order valence-corrected chi connectivity index (χ4v) is 2.40. The molecule has 1 aromatic rings. The fourth-order valence-electron chi connectivity index (χ4n) is 2.15. The molecule has 0 unspecified atom stereocenters. The molecule has 24 heavy (non-hydrogen) atoms. The summed E-state index contributed by atoms with van der Waals surface area (Å²) in [7, 11) is 3.04. The van der Waals surface area contributed by atoms with Gasteiger partial charge in [0.15, 0.2) is 11.6 Å². The van der Waals surface area contributed by atoms with E-state index >= 15 is 0 Å². The monoisotopic (exact) mass is 364 g/mol. The summed E-state index contributed by atoms with van der Waals surface area (Å²) in [6, 6.07) is 2.40. The van der Waals surface area contributed by atoms with Gasteiger partial charge in [-0.15, -0.1) is 0 Å². The van der Waals surface area contributed by atoms with E-state index in [1.54, 1.807) is 11.8 Å². The van der Waals surface area contributed by atoms with E-state index in [0.717, 1.165) is 45.1 Å². The summed E-state index contributed by atoms with van der Waals surface area (Å²) in [5.41, 5.74) is 0.429. The Morgan fingerprint density at radius 2 is 1.67 bits per heavy atom. The summed E-state index contributed by atoms with van der Waals surface area (Å²) >= 11 is 1.62. The van der Waals surface area contributed by atoms with Crippen molar-refractivity contribution in [3.63, 3.8) is 0 Å². The minimum Gasteiger partial charge on any atom is -0.490 e. The average Bonchev–Trinajstić information content (AvgIpc) is 2.61. The number of likely N-dealkylation sites (N-methyl/N-ethyl adjacent to an activating group) is 1. The van der Waals surface area contributed by atoms with Crippen LogP contribution in [0, 0.1) is 11.6 Å². The van der Waals surface area contributed by atoms with Crippen LogP contribution in [0.5, 0.6) is 5.75 Å². The fraction of sp³-hybridized carbons (Fsp3) is 0.647. The number of hydrogen-bond acceptors (Lipinski definition) is 5. The molecule has 1 aromatic carbocycles. The van der Waals surface area contributed by atoms with Crippen LogP contribution in [0.3, 0.4) is 0 Å². The Bertz CT molecular complexity index is 456. The minimum absolute atomic E-state index is 0.134. The molecule has 7 heteroatoms. The second-order valence-electron chi connectivity index (χ2n) is 4.87. The van der Waals surface area contributed by atoms with Gasteiger partial charge in [0.25, 0.3) is 0 Å². The maximum absolute atomic E-state index is 13.9. The Morgan fingerprint density at radius 3 is 2.21 bits per heavy atom. The van der Waals surface area contributed by atoms with E-state index in [9.17, 15) is 8.78 Å². The lowest BCUT2D eigenvalue weighted by atomic mass is 10.2. The molecule has 0 bridgehead atoms. The van der Waals surface area contributed by atoms with Crippen molar-refractivity contribution < 1.29 is 18.6 Å². The van der Waals surface area contributed by atoms with Crippen LogP contribution in [0.4, 0.5) is 14.5 Å². The lowest BCUT2D eigenvalue weighted by Gasteiger charge is -2.34. The molecular weight excluding hydrogens is 334 g/mol. The molecule has 0 saturated carbocycles. The van der Waals surface area contributed by atoms with Gasteiger partial charge in [0.2, 0.25) is 0 Å². The van der Waals surface area contributed by atoms with Gasteiger partial charge in [0.1, 0.15) is 5.82 Å². The normalized spacial score (nSPS) is 14.2. The van der Waals surface area contributed by atoms with Gasteiger partial charge < -0.3 is 19.6 Å². The van der Waals surface area contributed by atoms with Crippen LogP contribution in [0.2, 0.25) is 0 Å². The van der Waals surface area contributed by atoms with Gasteiger partial charge in [-0.25, -0.2) is 8.78 Å². The Balaban J connectivity index is 0.00000123. The van der Waals surface area contributed by atoms with Crippen molar-refractivity contribution in [2.45, 2.75) is 13.8 Å². The highest BCUT2D eigenvalue weighted by molar-refractivity contribution is 7.98. The van der Waals surface area contributed by atoms with Gasteiger partial charge in [-0.05, 0) is 13.3 Å². The standard InChI is InChI=1S/C14H20F2N2OS.C2H6.CH4O/c1-17-3-5-18(6-4-17)13-10-14(19-7-8-20-2)12(16)9-11(13)15;2*1-2/h9-10H,3-8H2,1-2H3;1-2H3;2H,1H3. The number of halogens is 2. The van der Waals surface area contributed by atoms with Gasteiger partial charge in [-0.1, -0.05) is 13.8 Å². The molecule has 0 aliphatic carbocycles. The van der Waals surface area contributed by atoms with Crippen molar-refractivity contribution >= 4 is 17.4 Å². The molecule has 1 heterocycles. The van der Waals surface area contributed by atoms with Crippen molar-refractivity contribution in [3.05, 3.63) is 23.8 Å². The summed E-state index contributed by atoms with van der Waals surface area (Å²) in [4.78, 5) is 4.13. The molecule has 0 atom stereocenters. The number of rotatable bonds is 5. The van der Waals surface area contributed by atoms with Crippen LogP contribution in [0.15, 0.2) is 12.1 Å². The van der Waals surface area contributed by atoms with Crippen LogP contribution in [0.25, 0.3) is 0 Å². The third-order valence-corrected chi connectivity index (χ3v) is 3.97. The third kappa shape index (κ3) is 7.23.